The molecule has 3 heterocycles. The number of hydrogen-bond acceptors (Lipinski definition) is 6. The van der Waals surface area contributed by atoms with Crippen LogP contribution in [-0.4, -0.2) is 34.0 Å². The number of nitrogens with one attached hydrogen (secondary N) is 1. The molecule has 2 aliphatic heterocycles. The van der Waals surface area contributed by atoms with Gasteiger partial charge in [0.2, 0.25) is 0 Å². The highest BCUT2D eigenvalue weighted by atomic mass is 16.5. The van der Waals surface area contributed by atoms with E-state index in [0.29, 0.717) is 30.6 Å². The first kappa shape index (κ1) is 16.7. The summed E-state index contributed by atoms with van der Waals surface area (Å²) in [6, 6.07) is 6.67. The minimum atomic E-state index is -1.23. The van der Waals surface area contributed by atoms with Gasteiger partial charge in [-0.3, -0.25) is 9.78 Å². The summed E-state index contributed by atoms with van der Waals surface area (Å²) in [4.78, 5) is 28.2. The third kappa shape index (κ3) is 2.98. The summed E-state index contributed by atoms with van der Waals surface area (Å²) in [5.74, 6) is -1.48. The average molecular weight is 352 g/mol. The summed E-state index contributed by atoms with van der Waals surface area (Å²) in [7, 11) is -1.23. The molecule has 0 aliphatic carbocycles. The molecule has 0 saturated carbocycles. The monoisotopic (exact) mass is 352 g/mol. The van der Waals surface area contributed by atoms with E-state index >= 15 is 0 Å². The third-order valence-corrected chi connectivity index (χ3v) is 4.89. The van der Waals surface area contributed by atoms with E-state index in [9.17, 15) is 19.7 Å². The van der Waals surface area contributed by atoms with Crippen LogP contribution in [0.5, 0.6) is 5.75 Å². The number of benzene rings is 1. The van der Waals surface area contributed by atoms with Gasteiger partial charge in [-0.2, -0.15) is 0 Å². The van der Waals surface area contributed by atoms with Crippen molar-refractivity contribution in [2.24, 2.45) is 0 Å². The molecule has 0 unspecified atom stereocenters. The number of hydrogen-bond donors (Lipinski definition) is 3. The number of aromatic nitrogens is 1. The molecule has 8 heteroatoms. The minimum absolute atomic E-state index is 0.0154. The molecule has 0 bridgehead atoms. The number of nitrogens with zero attached hydrogens (tertiary/aromatic N) is 1. The molecule has 132 valence electrons. The van der Waals surface area contributed by atoms with Crippen molar-refractivity contribution in [2.45, 2.75) is 31.7 Å². The fourth-order valence-corrected chi connectivity index (χ4v) is 3.50. The third-order valence-electron chi connectivity index (χ3n) is 4.89. The summed E-state index contributed by atoms with van der Waals surface area (Å²) in [5.41, 5.74) is 3.20. The molecule has 4 rings (SSSR count). The van der Waals surface area contributed by atoms with Crippen molar-refractivity contribution in [3.05, 3.63) is 58.4 Å². The molecule has 0 saturated heterocycles. The smallest absolute Gasteiger partial charge is 0.526 e. The summed E-state index contributed by atoms with van der Waals surface area (Å²) >= 11 is 0. The molecule has 3 N–H and O–H groups in total. The first-order chi connectivity index (χ1) is 12.5. The lowest BCUT2D eigenvalue weighted by Crippen LogP contribution is -2.35. The summed E-state index contributed by atoms with van der Waals surface area (Å²) < 4.78 is 5.44. The molecular formula is C18H17BN2O5. The van der Waals surface area contributed by atoms with Gasteiger partial charge >= 0.3 is 13.1 Å². The van der Waals surface area contributed by atoms with Crippen molar-refractivity contribution in [1.29, 1.82) is 0 Å². The van der Waals surface area contributed by atoms with E-state index in [2.05, 4.69) is 10.3 Å². The van der Waals surface area contributed by atoms with Gasteiger partial charge in [-0.15, -0.1) is 0 Å². The quantitative estimate of drug-likeness (QED) is 0.564. The number of Topliss-reactive ketones (excluding diaryl/α,β-unsaturated/α-hetero) is 1. The molecule has 0 amide bonds. The van der Waals surface area contributed by atoms with Gasteiger partial charge in [0.25, 0.3) is 0 Å². The van der Waals surface area contributed by atoms with Gasteiger partial charge in [0, 0.05) is 37.1 Å². The molecule has 0 fully saturated rings. The second kappa shape index (κ2) is 6.55. The van der Waals surface area contributed by atoms with Crippen LogP contribution in [0.4, 0.5) is 0 Å². The molecule has 2 aromatic rings. The van der Waals surface area contributed by atoms with Crippen molar-refractivity contribution < 1.29 is 24.4 Å². The van der Waals surface area contributed by atoms with E-state index in [1.54, 1.807) is 18.3 Å². The summed E-state index contributed by atoms with van der Waals surface area (Å²) in [6.07, 6.45) is 2.05. The molecule has 0 spiro atoms. The topological polar surface area (TPSA) is 109 Å². The Balaban J connectivity index is 1.53. The molecule has 0 radical (unpaired) electrons. The Kier molecular flexibility index (Phi) is 4.22. The number of carbonyl (C=O) groups is 2. The van der Waals surface area contributed by atoms with Gasteiger partial charge in [0.1, 0.15) is 5.75 Å². The molecule has 2 aliphatic rings. The standard InChI is InChI=1S/C18H17BN2O5/c22-16(12-4-11-7-20-9-15(11)21-8-12)6-13-5-10-2-1-3-14(18(23)24)17(10)26-19(13)25/h1-4,8,13,20,25H,5-7,9H2,(H,23,24)/t13-/m1/s1. The largest absolute Gasteiger partial charge is 0.535 e. The number of carbonyl (C=O) groups excluding carboxylic acids is 1. The van der Waals surface area contributed by atoms with Crippen LogP contribution < -0.4 is 9.97 Å². The number of rotatable bonds is 4. The number of fused-ring (bicyclic) bond motifs is 2. The van der Waals surface area contributed by atoms with E-state index in [1.165, 1.54) is 6.07 Å². The minimum Gasteiger partial charge on any atom is -0.535 e. The Morgan fingerprint density at radius 3 is 2.96 bits per heavy atom. The molecule has 1 atom stereocenters. The number of ketones is 1. The van der Waals surface area contributed by atoms with E-state index < -0.39 is 18.9 Å². The highest BCUT2D eigenvalue weighted by Gasteiger charge is 2.38. The Bertz CT molecular complexity index is 901. The maximum absolute atomic E-state index is 12.6. The maximum Gasteiger partial charge on any atom is 0.526 e. The summed E-state index contributed by atoms with van der Waals surface area (Å²) in [6.45, 7) is 1.41. The number of para-hydroxylation sites is 1. The van der Waals surface area contributed by atoms with Gasteiger partial charge in [0.15, 0.2) is 5.78 Å². The lowest BCUT2D eigenvalue weighted by Gasteiger charge is -2.28. The number of aromatic carboxylic acids is 1. The van der Waals surface area contributed by atoms with Crippen LogP contribution in [0.15, 0.2) is 30.5 Å². The van der Waals surface area contributed by atoms with Crippen LogP contribution in [0, 0.1) is 0 Å². The second-order valence-corrected chi connectivity index (χ2v) is 6.63. The van der Waals surface area contributed by atoms with Crippen LogP contribution in [-0.2, 0) is 19.5 Å². The number of carboxylic acids is 1. The normalized spacial score (nSPS) is 18.0. The average Bonchev–Trinajstić information content (AvgIpc) is 3.09. The molecule has 1 aromatic heterocycles. The SMILES string of the molecule is O=C(C[C@H]1Cc2cccc(C(=O)O)c2OB1O)c1cnc2c(c1)CNC2. The predicted octanol–water partition coefficient (Wildman–Crippen LogP) is 1.44. The molecular weight excluding hydrogens is 335 g/mol. The van der Waals surface area contributed by atoms with Crippen LogP contribution in [0.3, 0.4) is 0 Å². The van der Waals surface area contributed by atoms with Crippen molar-refractivity contribution in [3.63, 3.8) is 0 Å². The second-order valence-electron chi connectivity index (χ2n) is 6.63. The number of pyridine rings is 1. The fourth-order valence-electron chi connectivity index (χ4n) is 3.50. The Morgan fingerprint density at radius 1 is 1.31 bits per heavy atom. The van der Waals surface area contributed by atoms with Crippen molar-refractivity contribution >= 4 is 18.9 Å². The van der Waals surface area contributed by atoms with Gasteiger partial charge < -0.3 is 20.1 Å². The fraction of sp³-hybridized carbons (Fsp3) is 0.278. The predicted molar refractivity (Wildman–Crippen MR) is 93.2 cm³/mol. The molecule has 1 aromatic carbocycles. The van der Waals surface area contributed by atoms with Crippen molar-refractivity contribution in [2.75, 3.05) is 0 Å². The van der Waals surface area contributed by atoms with Crippen LogP contribution in [0.2, 0.25) is 5.82 Å². The zero-order valence-electron chi connectivity index (χ0n) is 13.9. The van der Waals surface area contributed by atoms with Crippen molar-refractivity contribution in [3.8, 4) is 5.75 Å². The van der Waals surface area contributed by atoms with E-state index in [1.807, 2.05) is 6.07 Å². The Morgan fingerprint density at radius 2 is 2.15 bits per heavy atom. The Labute approximate surface area is 150 Å². The zero-order chi connectivity index (χ0) is 18.3. The van der Waals surface area contributed by atoms with Crippen molar-refractivity contribution in [1.82, 2.24) is 10.3 Å². The van der Waals surface area contributed by atoms with E-state index in [0.717, 1.165) is 11.3 Å². The molecule has 7 nitrogen and oxygen atoms in total. The van der Waals surface area contributed by atoms with Crippen LogP contribution >= 0.6 is 0 Å². The highest BCUT2D eigenvalue weighted by Crippen LogP contribution is 2.36. The first-order valence-corrected chi connectivity index (χ1v) is 8.44. The Hall–Kier alpha value is -2.71. The van der Waals surface area contributed by atoms with Crippen LogP contribution in [0.1, 0.15) is 44.0 Å². The first-order valence-electron chi connectivity index (χ1n) is 8.44. The maximum atomic E-state index is 12.6. The lowest BCUT2D eigenvalue weighted by atomic mass is 9.64. The van der Waals surface area contributed by atoms with Gasteiger partial charge in [-0.25, -0.2) is 4.79 Å². The van der Waals surface area contributed by atoms with Gasteiger partial charge in [-0.05, 0) is 29.7 Å². The number of carboxylic acid groups (broad SMARTS) is 1. The summed E-state index contributed by atoms with van der Waals surface area (Å²) in [5, 5.41) is 22.7. The molecule has 26 heavy (non-hydrogen) atoms. The lowest BCUT2D eigenvalue weighted by molar-refractivity contribution is 0.0693. The van der Waals surface area contributed by atoms with Crippen LogP contribution in [0.25, 0.3) is 0 Å². The van der Waals surface area contributed by atoms with E-state index in [4.69, 9.17) is 4.65 Å². The zero-order valence-corrected chi connectivity index (χ0v) is 13.9. The van der Waals surface area contributed by atoms with Gasteiger partial charge in [-0.1, -0.05) is 12.1 Å². The highest BCUT2D eigenvalue weighted by molar-refractivity contribution is 6.47. The van der Waals surface area contributed by atoms with Gasteiger partial charge in [0.05, 0.1) is 11.3 Å². The van der Waals surface area contributed by atoms with E-state index in [-0.39, 0.29) is 23.5 Å².